The quantitative estimate of drug-likeness (QED) is 0.105. The number of nitrogens with zero attached hydrogens (tertiary/aromatic N) is 5. The maximum atomic E-state index is 13.8. The van der Waals surface area contributed by atoms with E-state index in [1.165, 1.54) is 25.1 Å². The number of aliphatic hydroxyl groups excluding tert-OH is 2. The summed E-state index contributed by atoms with van der Waals surface area (Å²) >= 11 is 0. The lowest BCUT2D eigenvalue weighted by atomic mass is 10.1. The third kappa shape index (κ3) is 7.34. The fraction of sp³-hybridized carbons (Fsp3) is 0.500. The Hall–Kier alpha value is -3.49. The third-order valence-corrected chi connectivity index (χ3v) is 6.89. The maximum Gasteiger partial charge on any atom is 0.459 e. The van der Waals surface area contributed by atoms with E-state index in [0.717, 1.165) is 10.8 Å². The van der Waals surface area contributed by atoms with E-state index in [4.69, 9.17) is 24.3 Å². The first-order chi connectivity index (χ1) is 18.2. The Kier molecular flexibility index (Phi) is 9.03. The van der Waals surface area contributed by atoms with Crippen LogP contribution in [0.4, 0.5) is 5.82 Å². The van der Waals surface area contributed by atoms with Gasteiger partial charge in [-0.25, -0.2) is 9.36 Å². The molecule has 1 aliphatic rings. The molecule has 0 saturated carbocycles. The molecule has 2 aromatic rings. The van der Waals surface area contributed by atoms with Crippen molar-refractivity contribution in [2.75, 3.05) is 12.3 Å². The molecule has 5 N–H and O–H groups in total. The molecule has 2 heterocycles. The molecule has 1 fully saturated rings. The van der Waals surface area contributed by atoms with Crippen molar-refractivity contribution < 1.29 is 38.1 Å². The van der Waals surface area contributed by atoms with Crippen molar-refractivity contribution in [3.8, 4) is 5.75 Å². The monoisotopic (exact) mass is 567 g/mol. The minimum absolute atomic E-state index is 0.0906. The number of esters is 1. The number of nitrogens with two attached hydrogens (primary N) is 1. The lowest BCUT2D eigenvalue weighted by molar-refractivity contribution is -0.156. The second-order valence-electron chi connectivity index (χ2n) is 9.58. The zero-order valence-electron chi connectivity index (χ0n) is 21.6. The number of azide groups is 1. The molecule has 1 saturated heterocycles. The third-order valence-electron chi connectivity index (χ3n) is 5.26. The van der Waals surface area contributed by atoms with Gasteiger partial charge in [0.05, 0.1) is 6.61 Å². The van der Waals surface area contributed by atoms with Gasteiger partial charge in [-0.1, -0.05) is 23.3 Å². The molecule has 2 unspecified atom stereocenters. The van der Waals surface area contributed by atoms with Crippen molar-refractivity contribution in [1.29, 1.82) is 0 Å². The summed E-state index contributed by atoms with van der Waals surface area (Å²) in [6, 6.07) is 7.87. The summed E-state index contributed by atoms with van der Waals surface area (Å²) in [6.07, 6.45) is -4.20. The molecule has 16 nitrogen and oxygen atoms in total. The van der Waals surface area contributed by atoms with Gasteiger partial charge >= 0.3 is 19.4 Å². The molecule has 6 atom stereocenters. The molecule has 1 aromatic carbocycles. The molecule has 0 spiro atoms. The van der Waals surface area contributed by atoms with Crippen LogP contribution in [0.3, 0.4) is 0 Å². The van der Waals surface area contributed by atoms with Gasteiger partial charge in [-0.2, -0.15) is 10.1 Å². The van der Waals surface area contributed by atoms with E-state index in [1.807, 2.05) is 0 Å². The number of hydrogen-bond acceptors (Lipinski definition) is 12. The summed E-state index contributed by atoms with van der Waals surface area (Å²) in [5, 5.41) is 27.3. The molecule has 0 amide bonds. The van der Waals surface area contributed by atoms with Gasteiger partial charge in [0.25, 0.3) is 0 Å². The van der Waals surface area contributed by atoms with E-state index in [1.54, 1.807) is 39.0 Å². The Labute approximate surface area is 222 Å². The minimum atomic E-state index is -4.49. The van der Waals surface area contributed by atoms with Crippen LogP contribution in [-0.4, -0.2) is 61.9 Å². The van der Waals surface area contributed by atoms with E-state index in [9.17, 15) is 29.9 Å². The Morgan fingerprint density at radius 2 is 2.03 bits per heavy atom. The number of aliphatic hydroxyl groups is 2. The minimum Gasteiger partial charge on any atom is -0.459 e. The smallest absolute Gasteiger partial charge is 0.459 e. The highest BCUT2D eigenvalue weighted by Gasteiger charge is 2.56. The van der Waals surface area contributed by atoms with Crippen molar-refractivity contribution in [1.82, 2.24) is 14.6 Å². The van der Waals surface area contributed by atoms with Gasteiger partial charge in [0, 0.05) is 11.1 Å². The van der Waals surface area contributed by atoms with Crippen LogP contribution >= 0.6 is 7.75 Å². The number of aromatic nitrogens is 2. The number of benzene rings is 1. The molecule has 17 heteroatoms. The first-order valence-corrected chi connectivity index (χ1v) is 13.2. The van der Waals surface area contributed by atoms with Crippen LogP contribution < -0.4 is 21.0 Å². The average Bonchev–Trinajstić information content (AvgIpc) is 3.08. The van der Waals surface area contributed by atoms with Crippen LogP contribution in [0, 0.1) is 0 Å². The molecule has 39 heavy (non-hydrogen) atoms. The van der Waals surface area contributed by atoms with Gasteiger partial charge in [-0.3, -0.25) is 13.9 Å². The normalized spacial score (nSPS) is 25.2. The number of hydrogen-bond donors (Lipinski definition) is 4. The van der Waals surface area contributed by atoms with Gasteiger partial charge in [0.2, 0.25) is 5.72 Å². The molecule has 0 aliphatic carbocycles. The standard InChI is InChI=1S/C22H30N7O9P/c1-13(19(32)37-21(2,3)4)26-39(34,38-14-8-6-5-7-9-14)35-12-22(27-28-24)17(31)16(30)18(36-22)29-11-10-15(23)25-20(29)33/h5-11,13,16-18,30-31H,12H2,1-4H3,(H,26,34)(H2,23,25,33)/t13-,16-,17+,18-,22?,39?/m1/s1. The van der Waals surface area contributed by atoms with Crippen molar-refractivity contribution in [3.05, 3.63) is 63.5 Å². The fourth-order valence-electron chi connectivity index (χ4n) is 3.49. The number of carbonyl (C=O) groups excluding carboxylic acids is 1. The molecule has 0 bridgehead atoms. The molecular formula is C22H30N7O9P. The van der Waals surface area contributed by atoms with Gasteiger partial charge in [0.15, 0.2) is 6.23 Å². The highest BCUT2D eigenvalue weighted by molar-refractivity contribution is 7.52. The zero-order chi connectivity index (χ0) is 29.0. The summed E-state index contributed by atoms with van der Waals surface area (Å²) in [5.74, 6) is -0.776. The van der Waals surface area contributed by atoms with Crippen LogP contribution in [0.15, 0.2) is 52.5 Å². The number of nitrogen functional groups attached to an aromatic ring is 1. The molecule has 0 radical (unpaired) electrons. The van der Waals surface area contributed by atoms with Crippen molar-refractivity contribution in [2.24, 2.45) is 5.11 Å². The molecule has 212 valence electrons. The maximum absolute atomic E-state index is 13.8. The van der Waals surface area contributed by atoms with Crippen LogP contribution in [0.1, 0.15) is 33.9 Å². The second kappa shape index (κ2) is 11.7. The topological polar surface area (TPSA) is 233 Å². The van der Waals surface area contributed by atoms with Gasteiger partial charge in [-0.05, 0) is 51.4 Å². The Bertz CT molecular complexity index is 1330. The second-order valence-corrected chi connectivity index (χ2v) is 11.3. The first kappa shape index (κ1) is 30.1. The van der Waals surface area contributed by atoms with E-state index < -0.39 is 61.8 Å². The van der Waals surface area contributed by atoms with Crippen LogP contribution in [-0.2, 0) is 23.4 Å². The lowest BCUT2D eigenvalue weighted by Crippen LogP contribution is -2.46. The predicted molar refractivity (Wildman–Crippen MR) is 136 cm³/mol. The molecular weight excluding hydrogens is 537 g/mol. The van der Waals surface area contributed by atoms with Gasteiger partial charge < -0.3 is 29.9 Å². The van der Waals surface area contributed by atoms with Crippen LogP contribution in [0.25, 0.3) is 10.4 Å². The van der Waals surface area contributed by atoms with Crippen molar-refractivity contribution in [3.63, 3.8) is 0 Å². The SMILES string of the molecule is C[C@@H](NP(=O)(OCC1(N=[N+]=[N-])O[C@@H](n2ccc(N)nc2=O)[C@H](O)[C@@H]1O)Oc1ccccc1)C(=O)OC(C)(C)C. The highest BCUT2D eigenvalue weighted by atomic mass is 31.2. The highest BCUT2D eigenvalue weighted by Crippen LogP contribution is 2.48. The Morgan fingerprint density at radius 3 is 2.62 bits per heavy atom. The number of anilines is 1. The molecule has 3 rings (SSSR count). The van der Waals surface area contributed by atoms with Crippen molar-refractivity contribution in [2.45, 2.75) is 63.5 Å². The number of carbonyl (C=O) groups is 1. The van der Waals surface area contributed by atoms with E-state index >= 15 is 0 Å². The predicted octanol–water partition coefficient (Wildman–Crippen LogP) is 1.61. The molecule has 1 aliphatic heterocycles. The lowest BCUT2D eigenvalue weighted by Gasteiger charge is -2.30. The number of rotatable bonds is 10. The largest absolute Gasteiger partial charge is 0.459 e. The Morgan fingerprint density at radius 1 is 1.36 bits per heavy atom. The average molecular weight is 567 g/mol. The van der Waals surface area contributed by atoms with Crippen LogP contribution in [0.5, 0.6) is 5.75 Å². The van der Waals surface area contributed by atoms with Crippen LogP contribution in [0.2, 0.25) is 0 Å². The summed E-state index contributed by atoms with van der Waals surface area (Å²) in [4.78, 5) is 31.0. The summed E-state index contributed by atoms with van der Waals surface area (Å²) in [6.45, 7) is 5.38. The van der Waals surface area contributed by atoms with E-state index in [-0.39, 0.29) is 11.6 Å². The Balaban J connectivity index is 1.91. The number of nitrogens with one attached hydrogen (secondary N) is 1. The summed E-state index contributed by atoms with van der Waals surface area (Å²) in [7, 11) is -4.49. The van der Waals surface area contributed by atoms with Crippen molar-refractivity contribution >= 4 is 19.5 Å². The summed E-state index contributed by atoms with van der Waals surface area (Å²) < 4.78 is 36.6. The number of para-hydroxylation sites is 1. The molecule has 1 aromatic heterocycles. The van der Waals surface area contributed by atoms with Gasteiger partial charge in [-0.15, -0.1) is 0 Å². The summed E-state index contributed by atoms with van der Waals surface area (Å²) in [5.41, 5.74) is 10.5. The first-order valence-electron chi connectivity index (χ1n) is 11.6. The van der Waals surface area contributed by atoms with Gasteiger partial charge in [0.1, 0.15) is 35.4 Å². The van der Waals surface area contributed by atoms with E-state index in [2.05, 4.69) is 20.1 Å². The number of ether oxygens (including phenoxy) is 2. The zero-order valence-corrected chi connectivity index (χ0v) is 22.5. The fourth-order valence-corrected chi connectivity index (χ4v) is 5.00. The van der Waals surface area contributed by atoms with E-state index in [0.29, 0.717) is 0 Å².